The molecule has 1 fully saturated rings. The molecule has 0 aliphatic heterocycles. The maximum atomic E-state index is 13.5. The molecule has 1 saturated carbocycles. The standard InChI is InChI=1S/C14H18FNO3/c1-19-13-7-4-10(8-12(13)15)16-14(18)9-2-5-11(17)6-3-9/h4,7-9,11,17H,2-3,5-6H2,1H3,(H,16,18). The van der Waals surface area contributed by atoms with Crippen LogP contribution in [0.4, 0.5) is 10.1 Å². The van der Waals surface area contributed by atoms with Crippen molar-refractivity contribution in [2.75, 3.05) is 12.4 Å². The number of benzene rings is 1. The zero-order chi connectivity index (χ0) is 13.8. The summed E-state index contributed by atoms with van der Waals surface area (Å²) in [7, 11) is 1.39. The first-order valence-corrected chi connectivity index (χ1v) is 6.42. The number of methoxy groups -OCH3 is 1. The molecule has 0 saturated heterocycles. The average Bonchev–Trinajstić information content (AvgIpc) is 2.39. The highest BCUT2D eigenvalue weighted by Gasteiger charge is 2.25. The Balaban J connectivity index is 1.97. The highest BCUT2D eigenvalue weighted by atomic mass is 19.1. The number of aliphatic hydroxyl groups is 1. The predicted molar refractivity (Wildman–Crippen MR) is 69.5 cm³/mol. The van der Waals surface area contributed by atoms with Gasteiger partial charge in [-0.15, -0.1) is 0 Å². The van der Waals surface area contributed by atoms with Crippen molar-refractivity contribution in [1.29, 1.82) is 0 Å². The lowest BCUT2D eigenvalue weighted by molar-refractivity contribution is -0.121. The number of hydrogen-bond donors (Lipinski definition) is 2. The Labute approximate surface area is 111 Å². The SMILES string of the molecule is COc1ccc(NC(=O)C2CCC(O)CC2)cc1F. The molecule has 0 unspecified atom stereocenters. The van der Waals surface area contributed by atoms with E-state index in [0.717, 1.165) is 0 Å². The minimum atomic E-state index is -0.501. The summed E-state index contributed by atoms with van der Waals surface area (Å²) in [6.07, 6.45) is 2.35. The van der Waals surface area contributed by atoms with E-state index in [2.05, 4.69) is 5.32 Å². The maximum absolute atomic E-state index is 13.5. The monoisotopic (exact) mass is 267 g/mol. The Morgan fingerprint density at radius 1 is 1.37 bits per heavy atom. The Morgan fingerprint density at radius 2 is 2.05 bits per heavy atom. The molecule has 2 N–H and O–H groups in total. The minimum absolute atomic E-state index is 0.103. The topological polar surface area (TPSA) is 58.6 Å². The maximum Gasteiger partial charge on any atom is 0.227 e. The van der Waals surface area contributed by atoms with Gasteiger partial charge in [-0.05, 0) is 37.8 Å². The number of amides is 1. The molecule has 0 radical (unpaired) electrons. The molecule has 1 aliphatic carbocycles. The van der Waals surface area contributed by atoms with Crippen LogP contribution in [0, 0.1) is 11.7 Å². The fraction of sp³-hybridized carbons (Fsp3) is 0.500. The third kappa shape index (κ3) is 3.44. The van der Waals surface area contributed by atoms with Gasteiger partial charge in [0, 0.05) is 17.7 Å². The van der Waals surface area contributed by atoms with Gasteiger partial charge in [-0.1, -0.05) is 0 Å². The van der Waals surface area contributed by atoms with Crippen LogP contribution in [-0.4, -0.2) is 24.2 Å². The zero-order valence-corrected chi connectivity index (χ0v) is 10.9. The van der Waals surface area contributed by atoms with E-state index in [0.29, 0.717) is 31.4 Å². The third-order valence-corrected chi connectivity index (χ3v) is 3.49. The molecule has 0 atom stereocenters. The van der Waals surface area contributed by atoms with Gasteiger partial charge in [0.1, 0.15) is 0 Å². The van der Waals surface area contributed by atoms with E-state index in [9.17, 15) is 14.3 Å². The Morgan fingerprint density at radius 3 is 2.63 bits per heavy atom. The van der Waals surface area contributed by atoms with Crippen LogP contribution in [0.25, 0.3) is 0 Å². The number of aliphatic hydroxyl groups excluding tert-OH is 1. The zero-order valence-electron chi connectivity index (χ0n) is 10.9. The van der Waals surface area contributed by atoms with Crippen LogP contribution < -0.4 is 10.1 Å². The average molecular weight is 267 g/mol. The van der Waals surface area contributed by atoms with Crippen molar-refractivity contribution in [2.24, 2.45) is 5.92 Å². The van der Waals surface area contributed by atoms with Crippen molar-refractivity contribution in [3.8, 4) is 5.75 Å². The molecule has 0 heterocycles. The first-order valence-electron chi connectivity index (χ1n) is 6.42. The largest absolute Gasteiger partial charge is 0.494 e. The molecule has 0 spiro atoms. The van der Waals surface area contributed by atoms with Crippen molar-refractivity contribution in [1.82, 2.24) is 0 Å². The van der Waals surface area contributed by atoms with Crippen molar-refractivity contribution in [3.05, 3.63) is 24.0 Å². The second-order valence-corrected chi connectivity index (χ2v) is 4.84. The molecule has 104 valence electrons. The summed E-state index contributed by atoms with van der Waals surface area (Å²) in [5, 5.41) is 12.1. The summed E-state index contributed by atoms with van der Waals surface area (Å²) in [5.74, 6) is -0.566. The molecule has 0 bridgehead atoms. The van der Waals surface area contributed by atoms with E-state index < -0.39 is 5.82 Å². The number of halogens is 1. The van der Waals surface area contributed by atoms with Crippen LogP contribution in [0.2, 0.25) is 0 Å². The van der Waals surface area contributed by atoms with Gasteiger partial charge >= 0.3 is 0 Å². The Kier molecular flexibility index (Phi) is 4.37. The predicted octanol–water partition coefficient (Wildman–Crippen LogP) is 2.32. The summed E-state index contributed by atoms with van der Waals surface area (Å²) in [6.45, 7) is 0. The van der Waals surface area contributed by atoms with Crippen LogP contribution in [0.15, 0.2) is 18.2 Å². The molecule has 1 amide bonds. The highest BCUT2D eigenvalue weighted by molar-refractivity contribution is 5.92. The minimum Gasteiger partial charge on any atom is -0.494 e. The summed E-state index contributed by atoms with van der Waals surface area (Å²) >= 11 is 0. The number of nitrogens with one attached hydrogen (secondary N) is 1. The summed E-state index contributed by atoms with van der Waals surface area (Å²) in [6, 6.07) is 4.33. The van der Waals surface area contributed by atoms with Crippen molar-refractivity contribution in [2.45, 2.75) is 31.8 Å². The Hall–Kier alpha value is -1.62. The van der Waals surface area contributed by atoms with Gasteiger partial charge in [-0.25, -0.2) is 4.39 Å². The summed E-state index contributed by atoms with van der Waals surface area (Å²) in [4.78, 5) is 12.0. The number of carbonyl (C=O) groups excluding carboxylic acids is 1. The van der Waals surface area contributed by atoms with Gasteiger partial charge in [0.05, 0.1) is 13.2 Å². The fourth-order valence-electron chi connectivity index (χ4n) is 2.33. The van der Waals surface area contributed by atoms with Gasteiger partial charge in [-0.2, -0.15) is 0 Å². The van der Waals surface area contributed by atoms with Crippen LogP contribution in [0.5, 0.6) is 5.75 Å². The number of hydrogen-bond acceptors (Lipinski definition) is 3. The van der Waals surface area contributed by atoms with Gasteiger partial charge in [0.15, 0.2) is 11.6 Å². The summed E-state index contributed by atoms with van der Waals surface area (Å²) in [5.41, 5.74) is 0.425. The quantitative estimate of drug-likeness (QED) is 0.883. The van der Waals surface area contributed by atoms with E-state index in [-0.39, 0.29) is 23.7 Å². The van der Waals surface area contributed by atoms with E-state index >= 15 is 0 Å². The first-order chi connectivity index (χ1) is 9.10. The van der Waals surface area contributed by atoms with E-state index in [1.54, 1.807) is 6.07 Å². The molecule has 19 heavy (non-hydrogen) atoms. The Bertz CT molecular complexity index is 456. The number of anilines is 1. The molecule has 4 nitrogen and oxygen atoms in total. The molecular formula is C14H18FNO3. The van der Waals surface area contributed by atoms with Crippen LogP contribution in [0.1, 0.15) is 25.7 Å². The molecule has 1 aliphatic rings. The van der Waals surface area contributed by atoms with Crippen LogP contribution in [0.3, 0.4) is 0 Å². The lowest BCUT2D eigenvalue weighted by Gasteiger charge is -2.24. The van der Waals surface area contributed by atoms with Crippen molar-refractivity contribution < 1.29 is 19.0 Å². The van der Waals surface area contributed by atoms with E-state index in [4.69, 9.17) is 4.74 Å². The fourth-order valence-corrected chi connectivity index (χ4v) is 2.33. The normalized spacial score (nSPS) is 22.9. The van der Waals surface area contributed by atoms with Gasteiger partial charge in [0.25, 0.3) is 0 Å². The van der Waals surface area contributed by atoms with Crippen molar-refractivity contribution in [3.63, 3.8) is 0 Å². The van der Waals surface area contributed by atoms with Gasteiger partial charge < -0.3 is 15.2 Å². The molecule has 1 aromatic carbocycles. The molecule has 2 rings (SSSR count). The molecule has 1 aromatic rings. The first kappa shape index (κ1) is 13.8. The van der Waals surface area contributed by atoms with Crippen LogP contribution >= 0.6 is 0 Å². The number of rotatable bonds is 3. The third-order valence-electron chi connectivity index (χ3n) is 3.49. The second kappa shape index (κ2) is 6.02. The molecule has 5 heteroatoms. The lowest BCUT2D eigenvalue weighted by Crippen LogP contribution is -2.28. The van der Waals surface area contributed by atoms with Gasteiger partial charge in [0.2, 0.25) is 5.91 Å². The molecular weight excluding hydrogens is 249 g/mol. The van der Waals surface area contributed by atoms with Crippen LogP contribution in [-0.2, 0) is 4.79 Å². The van der Waals surface area contributed by atoms with Gasteiger partial charge in [-0.3, -0.25) is 4.79 Å². The smallest absolute Gasteiger partial charge is 0.227 e. The highest BCUT2D eigenvalue weighted by Crippen LogP contribution is 2.26. The van der Waals surface area contributed by atoms with E-state index in [1.165, 1.54) is 19.2 Å². The number of ether oxygens (including phenoxy) is 1. The van der Waals surface area contributed by atoms with E-state index in [1.807, 2.05) is 0 Å². The lowest BCUT2D eigenvalue weighted by atomic mass is 9.87. The van der Waals surface area contributed by atoms with Crippen molar-refractivity contribution >= 4 is 11.6 Å². The molecule has 0 aromatic heterocycles. The number of carbonyl (C=O) groups is 1. The summed E-state index contributed by atoms with van der Waals surface area (Å²) < 4.78 is 18.3. The second-order valence-electron chi connectivity index (χ2n) is 4.84.